The Hall–Kier alpha value is -3.35. The van der Waals surface area contributed by atoms with Crippen molar-refractivity contribution in [3.63, 3.8) is 0 Å². The average Bonchev–Trinajstić information content (AvgIpc) is 3.19. The third-order valence-electron chi connectivity index (χ3n) is 4.98. The molecular weight excluding hydrogens is 382 g/mol. The Kier molecular flexibility index (Phi) is 6.40. The summed E-state index contributed by atoms with van der Waals surface area (Å²) in [6.07, 6.45) is -0.640. The van der Waals surface area contributed by atoms with Gasteiger partial charge in [0.25, 0.3) is 5.91 Å². The van der Waals surface area contributed by atoms with E-state index in [2.05, 4.69) is 16.2 Å². The highest BCUT2D eigenvalue weighted by molar-refractivity contribution is 5.80. The number of nitrogens with zero attached hydrogens (tertiary/aromatic N) is 3. The molecule has 1 aromatic heterocycles. The molecule has 7 nitrogen and oxygen atoms in total. The van der Waals surface area contributed by atoms with Crippen LogP contribution in [0, 0.1) is 20.8 Å². The molecule has 0 bridgehead atoms. The molecule has 1 unspecified atom stereocenters. The summed E-state index contributed by atoms with van der Waals surface area (Å²) >= 11 is 0. The minimum atomic E-state index is -0.640. The number of ether oxygens (including phenoxy) is 2. The van der Waals surface area contributed by atoms with Gasteiger partial charge in [-0.05, 0) is 74.7 Å². The minimum Gasteiger partial charge on any atom is -0.497 e. The molecule has 0 saturated heterocycles. The number of carbonyl (C=O) groups excluding carboxylic acids is 1. The predicted molar refractivity (Wildman–Crippen MR) is 114 cm³/mol. The largest absolute Gasteiger partial charge is 0.497 e. The van der Waals surface area contributed by atoms with Gasteiger partial charge >= 0.3 is 0 Å². The van der Waals surface area contributed by atoms with Crippen LogP contribution in [0.4, 0.5) is 0 Å². The first-order valence-electron chi connectivity index (χ1n) is 9.75. The van der Waals surface area contributed by atoms with Crippen molar-refractivity contribution in [1.82, 2.24) is 15.0 Å². The lowest BCUT2D eigenvalue weighted by Gasteiger charge is -2.22. The van der Waals surface area contributed by atoms with Gasteiger partial charge in [-0.15, -0.1) is 0 Å². The normalized spacial score (nSPS) is 11.8. The molecule has 0 spiro atoms. The quantitative estimate of drug-likeness (QED) is 0.585. The first kappa shape index (κ1) is 21.4. The molecule has 0 saturated carbocycles. The third-order valence-corrected chi connectivity index (χ3v) is 4.98. The maximum Gasteiger partial charge on any atom is 0.263 e. The van der Waals surface area contributed by atoms with Gasteiger partial charge in [-0.3, -0.25) is 4.79 Å². The van der Waals surface area contributed by atoms with Gasteiger partial charge in [-0.25, -0.2) is 0 Å². The SMILES string of the molecule is COc1ccc(-c2noc(CN(C)C(=O)C(C)Oc3cc(C)cc(C)c3C)n2)cc1. The summed E-state index contributed by atoms with van der Waals surface area (Å²) in [5.41, 5.74) is 4.07. The predicted octanol–water partition coefficient (Wildman–Crippen LogP) is 4.10. The Morgan fingerprint density at radius 1 is 1.17 bits per heavy atom. The highest BCUT2D eigenvalue weighted by atomic mass is 16.5. The number of hydrogen-bond donors (Lipinski definition) is 0. The van der Waals surface area contributed by atoms with Crippen molar-refractivity contribution in [1.29, 1.82) is 0 Å². The Balaban J connectivity index is 1.64. The van der Waals surface area contributed by atoms with Gasteiger partial charge in [0.1, 0.15) is 11.5 Å². The second-order valence-electron chi connectivity index (χ2n) is 7.40. The molecular formula is C23H27N3O4. The molecule has 3 aromatic rings. The van der Waals surface area contributed by atoms with Crippen molar-refractivity contribution in [3.8, 4) is 22.9 Å². The molecule has 158 valence electrons. The van der Waals surface area contributed by atoms with E-state index >= 15 is 0 Å². The number of hydrogen-bond acceptors (Lipinski definition) is 6. The molecule has 0 N–H and O–H groups in total. The second-order valence-corrected chi connectivity index (χ2v) is 7.40. The molecule has 0 aliphatic heterocycles. The summed E-state index contributed by atoms with van der Waals surface area (Å²) in [4.78, 5) is 18.7. The highest BCUT2D eigenvalue weighted by Crippen LogP contribution is 2.25. The van der Waals surface area contributed by atoms with Crippen LogP contribution in [0.1, 0.15) is 29.5 Å². The molecule has 1 heterocycles. The summed E-state index contributed by atoms with van der Waals surface area (Å²) < 4.78 is 16.4. The zero-order valence-electron chi connectivity index (χ0n) is 18.2. The number of likely N-dealkylation sites (N-methyl/N-ethyl adjacent to an activating group) is 1. The molecule has 3 rings (SSSR count). The fourth-order valence-electron chi connectivity index (χ4n) is 3.13. The van der Waals surface area contributed by atoms with Gasteiger partial charge in [-0.2, -0.15) is 4.98 Å². The third kappa shape index (κ3) is 4.79. The number of carbonyl (C=O) groups is 1. The molecule has 1 amide bonds. The number of methoxy groups -OCH3 is 1. The first-order chi connectivity index (χ1) is 14.3. The van der Waals surface area contributed by atoms with Gasteiger partial charge < -0.3 is 18.9 Å². The zero-order chi connectivity index (χ0) is 21.8. The van der Waals surface area contributed by atoms with E-state index in [9.17, 15) is 4.79 Å². The lowest BCUT2D eigenvalue weighted by molar-refractivity contribution is -0.137. The van der Waals surface area contributed by atoms with Crippen LogP contribution in [0.2, 0.25) is 0 Å². The Bertz CT molecular complexity index is 1030. The summed E-state index contributed by atoms with van der Waals surface area (Å²) in [6, 6.07) is 11.4. The fraction of sp³-hybridized carbons (Fsp3) is 0.348. The molecule has 0 aliphatic carbocycles. The standard InChI is InChI=1S/C23H27N3O4/c1-14-11-15(2)16(3)20(12-14)29-17(4)23(27)26(5)13-21-24-22(25-30-21)18-7-9-19(28-6)10-8-18/h7-12,17H,13H2,1-6H3. The van der Waals surface area contributed by atoms with Crippen molar-refractivity contribution in [3.05, 3.63) is 59.0 Å². The molecule has 1 atom stereocenters. The van der Waals surface area contributed by atoms with E-state index in [-0.39, 0.29) is 12.5 Å². The van der Waals surface area contributed by atoms with Gasteiger partial charge in [0.15, 0.2) is 6.10 Å². The summed E-state index contributed by atoms with van der Waals surface area (Å²) in [6.45, 7) is 7.97. The van der Waals surface area contributed by atoms with E-state index in [1.165, 1.54) is 4.90 Å². The fourth-order valence-corrected chi connectivity index (χ4v) is 3.13. The van der Waals surface area contributed by atoms with Crippen molar-refractivity contribution in [2.75, 3.05) is 14.2 Å². The lowest BCUT2D eigenvalue weighted by atomic mass is 10.1. The summed E-state index contributed by atoms with van der Waals surface area (Å²) in [5, 5.41) is 4.00. The number of benzene rings is 2. The van der Waals surface area contributed by atoms with Crippen molar-refractivity contribution in [2.45, 2.75) is 40.3 Å². The topological polar surface area (TPSA) is 77.7 Å². The van der Waals surface area contributed by atoms with Crippen LogP contribution in [0.3, 0.4) is 0 Å². The van der Waals surface area contributed by atoms with Crippen molar-refractivity contribution < 1.29 is 18.8 Å². The minimum absolute atomic E-state index is 0.169. The van der Waals surface area contributed by atoms with Crippen LogP contribution in [0.5, 0.6) is 11.5 Å². The monoisotopic (exact) mass is 409 g/mol. The summed E-state index contributed by atoms with van der Waals surface area (Å²) in [7, 11) is 3.30. The van der Waals surface area contributed by atoms with Gasteiger partial charge in [0.05, 0.1) is 13.7 Å². The van der Waals surface area contributed by atoms with E-state index in [0.29, 0.717) is 11.7 Å². The van der Waals surface area contributed by atoms with Crippen molar-refractivity contribution in [2.24, 2.45) is 0 Å². The molecule has 0 radical (unpaired) electrons. The number of rotatable bonds is 7. The van der Waals surface area contributed by atoms with E-state index in [4.69, 9.17) is 14.0 Å². The Morgan fingerprint density at radius 3 is 2.53 bits per heavy atom. The summed E-state index contributed by atoms with van der Waals surface area (Å²) in [5.74, 6) is 2.12. The maximum atomic E-state index is 12.8. The number of aryl methyl sites for hydroxylation is 2. The van der Waals surface area contributed by atoms with Crippen LogP contribution in [0.25, 0.3) is 11.4 Å². The van der Waals surface area contributed by atoms with Crippen LogP contribution in [0.15, 0.2) is 40.9 Å². The molecule has 0 aliphatic rings. The zero-order valence-corrected chi connectivity index (χ0v) is 18.2. The highest BCUT2D eigenvalue weighted by Gasteiger charge is 2.22. The molecule has 30 heavy (non-hydrogen) atoms. The number of amides is 1. The Labute approximate surface area is 176 Å². The second kappa shape index (κ2) is 8.98. The van der Waals surface area contributed by atoms with E-state index in [0.717, 1.165) is 33.8 Å². The van der Waals surface area contributed by atoms with Crippen LogP contribution < -0.4 is 9.47 Å². The van der Waals surface area contributed by atoms with Gasteiger partial charge in [0, 0.05) is 12.6 Å². The van der Waals surface area contributed by atoms with Crippen LogP contribution in [-0.2, 0) is 11.3 Å². The van der Waals surface area contributed by atoms with Crippen molar-refractivity contribution >= 4 is 5.91 Å². The van der Waals surface area contributed by atoms with E-state index < -0.39 is 6.10 Å². The smallest absolute Gasteiger partial charge is 0.263 e. The lowest BCUT2D eigenvalue weighted by Crippen LogP contribution is -2.37. The van der Waals surface area contributed by atoms with E-state index in [1.807, 2.05) is 51.1 Å². The average molecular weight is 409 g/mol. The van der Waals surface area contributed by atoms with E-state index in [1.54, 1.807) is 21.1 Å². The molecule has 7 heteroatoms. The van der Waals surface area contributed by atoms with Crippen LogP contribution in [-0.4, -0.2) is 41.2 Å². The van der Waals surface area contributed by atoms with Gasteiger partial charge in [-0.1, -0.05) is 11.2 Å². The van der Waals surface area contributed by atoms with Crippen LogP contribution >= 0.6 is 0 Å². The Morgan fingerprint density at radius 2 is 1.87 bits per heavy atom. The first-order valence-corrected chi connectivity index (χ1v) is 9.75. The molecule has 0 fully saturated rings. The maximum absolute atomic E-state index is 12.8. The molecule has 2 aromatic carbocycles. The van der Waals surface area contributed by atoms with Gasteiger partial charge in [0.2, 0.25) is 11.7 Å². The number of aromatic nitrogens is 2.